The summed E-state index contributed by atoms with van der Waals surface area (Å²) in [6, 6.07) is 0. The van der Waals surface area contributed by atoms with E-state index in [2.05, 4.69) is 35.8 Å². The summed E-state index contributed by atoms with van der Waals surface area (Å²) < 4.78 is 0. The zero-order valence-corrected chi connectivity index (χ0v) is 12.2. The molecule has 1 rings (SSSR count). The van der Waals surface area contributed by atoms with Crippen molar-refractivity contribution in [1.82, 2.24) is 0 Å². The molecule has 0 aromatic carbocycles. The van der Waals surface area contributed by atoms with Gasteiger partial charge in [-0.3, -0.25) is 0 Å². The van der Waals surface area contributed by atoms with E-state index in [1.54, 1.807) is 20.6 Å². The molecule has 14 heavy (non-hydrogen) atoms. The van der Waals surface area contributed by atoms with Gasteiger partial charge in [-0.1, -0.05) is 52.0 Å². The molecule has 0 saturated carbocycles. The van der Waals surface area contributed by atoms with Crippen molar-refractivity contribution in [3.8, 4) is 0 Å². The van der Waals surface area contributed by atoms with Crippen molar-refractivity contribution in [1.29, 1.82) is 0 Å². The smallest absolute Gasteiger partial charge is 0.00801 e. The van der Waals surface area contributed by atoms with Crippen molar-refractivity contribution < 1.29 is 0 Å². The predicted octanol–water partition coefficient (Wildman–Crippen LogP) is 5.99. The van der Waals surface area contributed by atoms with Crippen molar-refractivity contribution in [3.63, 3.8) is 0 Å². The second kappa shape index (κ2) is 10.8. The highest BCUT2D eigenvalue weighted by atomic mass is 33.9. The van der Waals surface area contributed by atoms with Crippen LogP contribution in [0.25, 0.3) is 0 Å². The van der Waals surface area contributed by atoms with Gasteiger partial charge in [-0.15, -0.1) is 0 Å². The fraction of sp³-hybridized carbons (Fsp3) is 0.250. The van der Waals surface area contributed by atoms with Gasteiger partial charge in [-0.2, -0.15) is 0 Å². The molecule has 0 bridgehead atoms. The average Bonchev–Trinajstić information content (AvgIpc) is 2.22. The summed E-state index contributed by atoms with van der Waals surface area (Å²) in [6.45, 7) is 0. The summed E-state index contributed by atoms with van der Waals surface area (Å²) in [5.74, 6) is 1.19. The molecule has 0 unspecified atom stereocenters. The minimum atomic E-state index is 1.15. The van der Waals surface area contributed by atoms with E-state index >= 15 is 0 Å². The molecule has 6 heteroatoms. The van der Waals surface area contributed by atoms with Crippen LogP contribution in [-0.4, -0.2) is 5.75 Å². The Balaban J connectivity index is 2.27. The summed E-state index contributed by atoms with van der Waals surface area (Å²) in [4.78, 5) is 0. The maximum absolute atomic E-state index is 2.21. The van der Waals surface area contributed by atoms with Crippen LogP contribution >= 0.6 is 60.9 Å². The number of hydrogen-bond acceptors (Lipinski definition) is 6. The minimum absolute atomic E-state index is 1.15. The Morgan fingerprint density at radius 3 is 2.64 bits per heavy atom. The second-order valence-corrected chi connectivity index (χ2v) is 11.6. The Morgan fingerprint density at radius 2 is 1.64 bits per heavy atom. The molecule has 0 N–H and O–H groups in total. The molecule has 1 aliphatic heterocycles. The van der Waals surface area contributed by atoms with Gasteiger partial charge in [0.25, 0.3) is 0 Å². The molecule has 0 radical (unpaired) electrons. The average molecular weight is 299 g/mol. The van der Waals surface area contributed by atoms with E-state index in [1.165, 1.54) is 5.75 Å². The van der Waals surface area contributed by atoms with Gasteiger partial charge in [-0.25, -0.2) is 0 Å². The van der Waals surface area contributed by atoms with Crippen molar-refractivity contribution in [2.45, 2.75) is 6.42 Å². The highest BCUT2D eigenvalue weighted by Crippen LogP contribution is 2.52. The molecule has 0 saturated heterocycles. The van der Waals surface area contributed by atoms with E-state index < -0.39 is 0 Å². The second-order valence-electron chi connectivity index (χ2n) is 2.12. The van der Waals surface area contributed by atoms with Crippen LogP contribution in [0.5, 0.6) is 0 Å². The molecule has 1 heterocycles. The normalized spacial score (nSPS) is 22.9. The summed E-state index contributed by atoms with van der Waals surface area (Å²) in [5, 5.41) is 2.10. The summed E-state index contributed by atoms with van der Waals surface area (Å²) >= 11 is 0. The first-order valence-electron chi connectivity index (χ1n) is 3.93. The van der Waals surface area contributed by atoms with Crippen LogP contribution in [0.4, 0.5) is 0 Å². The summed E-state index contributed by atoms with van der Waals surface area (Å²) in [5.41, 5.74) is 0. The molecule has 78 valence electrons. The zero-order valence-electron chi connectivity index (χ0n) is 7.33. The monoisotopic (exact) mass is 298 g/mol. The summed E-state index contributed by atoms with van der Waals surface area (Å²) in [7, 11) is 11.0. The maximum Gasteiger partial charge on any atom is 0.00801 e. The van der Waals surface area contributed by atoms with Crippen molar-refractivity contribution in [2.75, 3.05) is 5.75 Å². The lowest BCUT2D eigenvalue weighted by Gasteiger charge is -1.96. The van der Waals surface area contributed by atoms with Crippen LogP contribution < -0.4 is 0 Å². The van der Waals surface area contributed by atoms with Crippen LogP contribution in [0.15, 0.2) is 35.8 Å². The third kappa shape index (κ3) is 8.61. The molecule has 0 aromatic rings. The third-order valence-electron chi connectivity index (χ3n) is 1.14. The lowest BCUT2D eigenvalue weighted by molar-refractivity contribution is 1.25. The van der Waals surface area contributed by atoms with Gasteiger partial charge >= 0.3 is 0 Å². The Labute approximate surface area is 108 Å². The largest absolute Gasteiger partial charge is 0.0837 e. The highest BCUT2D eigenvalue weighted by Gasteiger charge is 1.92. The van der Waals surface area contributed by atoms with Gasteiger partial charge < -0.3 is 0 Å². The standard InChI is InChI=1S/C8H10S6/c1-2-4-6-8-10-12-14-13-11-9-7-5-3-1/h1-5,7H,6,8H2/b3-1?,4-2?,7-5+. The van der Waals surface area contributed by atoms with E-state index in [1.807, 2.05) is 40.3 Å². The van der Waals surface area contributed by atoms with Crippen molar-refractivity contribution in [3.05, 3.63) is 35.8 Å². The Morgan fingerprint density at radius 1 is 0.786 bits per heavy atom. The molecular formula is C8H10S6. The van der Waals surface area contributed by atoms with Gasteiger partial charge in [-0.05, 0) is 51.1 Å². The molecular weight excluding hydrogens is 288 g/mol. The van der Waals surface area contributed by atoms with E-state index in [0.717, 1.165) is 6.42 Å². The van der Waals surface area contributed by atoms with Gasteiger partial charge in [0.1, 0.15) is 0 Å². The lowest BCUT2D eigenvalue weighted by Crippen LogP contribution is -1.68. The SMILES string of the molecule is C1=C/C=C/SSSSSSCCC=C1. The van der Waals surface area contributed by atoms with Crippen molar-refractivity contribution in [2.24, 2.45) is 0 Å². The fourth-order valence-electron chi connectivity index (χ4n) is 0.612. The van der Waals surface area contributed by atoms with E-state index in [9.17, 15) is 0 Å². The zero-order chi connectivity index (χ0) is 9.90. The molecule has 1 aliphatic rings. The Kier molecular flexibility index (Phi) is 10.3. The molecule has 0 nitrogen and oxygen atoms in total. The van der Waals surface area contributed by atoms with Gasteiger partial charge in [0.05, 0.1) is 0 Å². The van der Waals surface area contributed by atoms with E-state index in [0.29, 0.717) is 0 Å². The summed E-state index contributed by atoms with van der Waals surface area (Å²) in [6.07, 6.45) is 11.7. The van der Waals surface area contributed by atoms with Crippen molar-refractivity contribution >= 4 is 60.9 Å². The number of rotatable bonds is 0. The Hall–Kier alpha value is 1.32. The Bertz CT molecular complexity index is 188. The van der Waals surface area contributed by atoms with Crippen LogP contribution in [-0.2, 0) is 0 Å². The number of hydrogen-bond donors (Lipinski definition) is 0. The first-order valence-corrected chi connectivity index (χ1v) is 11.6. The lowest BCUT2D eigenvalue weighted by atomic mass is 10.4. The maximum atomic E-state index is 2.21. The molecule has 0 spiro atoms. The van der Waals surface area contributed by atoms with Crippen LogP contribution in [0, 0.1) is 0 Å². The number of allylic oxidation sites excluding steroid dienone is 5. The van der Waals surface area contributed by atoms with E-state index in [4.69, 9.17) is 0 Å². The van der Waals surface area contributed by atoms with Crippen LogP contribution in [0.2, 0.25) is 0 Å². The minimum Gasteiger partial charge on any atom is -0.0837 e. The fourth-order valence-corrected chi connectivity index (χ4v) is 11.3. The van der Waals surface area contributed by atoms with Gasteiger partial charge in [0.15, 0.2) is 0 Å². The predicted molar refractivity (Wildman–Crippen MR) is 82.5 cm³/mol. The first kappa shape index (κ1) is 13.4. The molecule has 0 atom stereocenters. The first-order chi connectivity index (χ1) is 7.00. The highest BCUT2D eigenvalue weighted by molar-refractivity contribution is 9.42. The van der Waals surface area contributed by atoms with Gasteiger partial charge in [0.2, 0.25) is 0 Å². The molecule has 0 aliphatic carbocycles. The molecule has 0 aromatic heterocycles. The topological polar surface area (TPSA) is 0 Å². The van der Waals surface area contributed by atoms with Crippen LogP contribution in [0.1, 0.15) is 6.42 Å². The van der Waals surface area contributed by atoms with Gasteiger partial charge in [0, 0.05) is 5.75 Å². The quantitative estimate of drug-likeness (QED) is 0.500. The third-order valence-corrected chi connectivity index (χ3v) is 11.6. The van der Waals surface area contributed by atoms with Crippen LogP contribution in [0.3, 0.4) is 0 Å². The van der Waals surface area contributed by atoms with E-state index in [-0.39, 0.29) is 0 Å². The molecule has 0 fully saturated rings. The molecule has 0 amide bonds.